The summed E-state index contributed by atoms with van der Waals surface area (Å²) in [5.41, 5.74) is 3.15. The Hall–Kier alpha value is -1.29. The van der Waals surface area contributed by atoms with Gasteiger partial charge in [0.05, 0.1) is 11.6 Å². The summed E-state index contributed by atoms with van der Waals surface area (Å²) in [4.78, 5) is 0. The van der Waals surface area contributed by atoms with Crippen LogP contribution in [0.25, 0.3) is 0 Å². The standard InChI is InChI=1S/C9H9N.C3H8/c1-7-3-4-9(6-10)5-8(7)2;1-3-2/h3-5H,1-2H3;3H2,1-2H3. The third-order valence-corrected chi connectivity index (χ3v) is 1.64. The van der Waals surface area contributed by atoms with E-state index in [4.69, 9.17) is 5.26 Å². The van der Waals surface area contributed by atoms with Crippen molar-refractivity contribution >= 4 is 0 Å². The fourth-order valence-corrected chi connectivity index (χ4v) is 0.811. The Balaban J connectivity index is 0.000000424. The highest BCUT2D eigenvalue weighted by atomic mass is 14.2. The molecule has 0 N–H and O–H groups in total. The monoisotopic (exact) mass is 175 g/mol. The smallest absolute Gasteiger partial charge is 0.0991 e. The van der Waals surface area contributed by atoms with Crippen molar-refractivity contribution in [1.29, 1.82) is 5.26 Å². The fraction of sp³-hybridized carbons (Fsp3) is 0.417. The highest BCUT2D eigenvalue weighted by molar-refractivity contribution is 5.36. The topological polar surface area (TPSA) is 23.8 Å². The summed E-state index contributed by atoms with van der Waals surface area (Å²) in [5.74, 6) is 0. The zero-order valence-electron chi connectivity index (χ0n) is 8.89. The van der Waals surface area contributed by atoms with E-state index in [9.17, 15) is 0 Å². The van der Waals surface area contributed by atoms with Crippen LogP contribution >= 0.6 is 0 Å². The van der Waals surface area contributed by atoms with Gasteiger partial charge in [0, 0.05) is 0 Å². The maximum atomic E-state index is 8.50. The zero-order chi connectivity index (χ0) is 10.3. The lowest BCUT2D eigenvalue weighted by Gasteiger charge is -1.96. The van der Waals surface area contributed by atoms with Gasteiger partial charge in [0.2, 0.25) is 0 Å². The number of nitriles is 1. The van der Waals surface area contributed by atoms with E-state index in [2.05, 4.69) is 19.9 Å². The summed E-state index contributed by atoms with van der Waals surface area (Å²) in [5, 5.41) is 8.50. The lowest BCUT2D eigenvalue weighted by atomic mass is 10.1. The number of hydrogen-bond acceptors (Lipinski definition) is 1. The second kappa shape index (κ2) is 6.25. The minimum absolute atomic E-state index is 0.739. The maximum Gasteiger partial charge on any atom is 0.0991 e. The Kier molecular flexibility index (Phi) is 5.63. The van der Waals surface area contributed by atoms with Gasteiger partial charge in [-0.15, -0.1) is 0 Å². The SMILES string of the molecule is CCC.Cc1ccc(C#N)cc1C. The summed E-state index contributed by atoms with van der Waals surface area (Å²) in [6.45, 7) is 8.30. The van der Waals surface area contributed by atoms with Crippen LogP contribution in [-0.4, -0.2) is 0 Å². The lowest BCUT2D eigenvalue weighted by molar-refractivity contribution is 1.09. The molecule has 70 valence electrons. The van der Waals surface area contributed by atoms with E-state index in [1.54, 1.807) is 0 Å². The van der Waals surface area contributed by atoms with Crippen molar-refractivity contribution in [2.75, 3.05) is 0 Å². The van der Waals surface area contributed by atoms with Crippen LogP contribution in [0.15, 0.2) is 18.2 Å². The number of aryl methyl sites for hydroxylation is 2. The Bertz CT molecular complexity index is 294. The molecular formula is C12H17N. The normalized spacial score (nSPS) is 8.23. The van der Waals surface area contributed by atoms with Gasteiger partial charge in [0.15, 0.2) is 0 Å². The molecule has 1 aromatic rings. The van der Waals surface area contributed by atoms with Crippen molar-refractivity contribution in [2.24, 2.45) is 0 Å². The molecule has 0 aliphatic carbocycles. The van der Waals surface area contributed by atoms with E-state index in [1.807, 2.05) is 32.0 Å². The molecule has 0 atom stereocenters. The number of rotatable bonds is 0. The van der Waals surface area contributed by atoms with Crippen molar-refractivity contribution in [2.45, 2.75) is 34.1 Å². The molecular weight excluding hydrogens is 158 g/mol. The molecule has 0 amide bonds. The quantitative estimate of drug-likeness (QED) is 0.591. The molecule has 0 radical (unpaired) electrons. The highest BCUT2D eigenvalue weighted by Crippen LogP contribution is 2.07. The largest absolute Gasteiger partial charge is 0.192 e. The molecule has 0 bridgehead atoms. The van der Waals surface area contributed by atoms with Crippen LogP contribution in [-0.2, 0) is 0 Å². The van der Waals surface area contributed by atoms with E-state index in [0.717, 1.165) is 5.56 Å². The third kappa shape index (κ3) is 4.32. The first kappa shape index (κ1) is 11.7. The van der Waals surface area contributed by atoms with Crippen LogP contribution in [0.2, 0.25) is 0 Å². The van der Waals surface area contributed by atoms with Gasteiger partial charge in [0.25, 0.3) is 0 Å². The van der Waals surface area contributed by atoms with Gasteiger partial charge in [-0.25, -0.2) is 0 Å². The molecule has 1 heteroatoms. The van der Waals surface area contributed by atoms with E-state index < -0.39 is 0 Å². The number of benzene rings is 1. The molecule has 0 aliphatic heterocycles. The summed E-state index contributed by atoms with van der Waals surface area (Å²) in [7, 11) is 0. The number of nitrogens with zero attached hydrogens (tertiary/aromatic N) is 1. The summed E-state index contributed by atoms with van der Waals surface area (Å²) >= 11 is 0. The molecule has 0 heterocycles. The predicted octanol–water partition coefficient (Wildman–Crippen LogP) is 3.59. The Morgan fingerprint density at radius 1 is 1.15 bits per heavy atom. The van der Waals surface area contributed by atoms with Crippen molar-refractivity contribution in [3.63, 3.8) is 0 Å². The summed E-state index contributed by atoms with van der Waals surface area (Å²) in [6.07, 6.45) is 1.25. The minimum atomic E-state index is 0.739. The second-order valence-electron chi connectivity index (χ2n) is 3.12. The minimum Gasteiger partial charge on any atom is -0.192 e. The van der Waals surface area contributed by atoms with Crippen LogP contribution in [0.5, 0.6) is 0 Å². The van der Waals surface area contributed by atoms with Gasteiger partial charge in [-0.3, -0.25) is 0 Å². The molecule has 0 saturated carbocycles. The van der Waals surface area contributed by atoms with Gasteiger partial charge < -0.3 is 0 Å². The van der Waals surface area contributed by atoms with E-state index in [0.29, 0.717) is 0 Å². The average molecular weight is 175 g/mol. The third-order valence-electron chi connectivity index (χ3n) is 1.64. The Morgan fingerprint density at radius 3 is 2.08 bits per heavy atom. The Labute approximate surface area is 81.0 Å². The van der Waals surface area contributed by atoms with Crippen molar-refractivity contribution in [1.82, 2.24) is 0 Å². The van der Waals surface area contributed by atoms with E-state index >= 15 is 0 Å². The van der Waals surface area contributed by atoms with Crippen LogP contribution in [0.3, 0.4) is 0 Å². The maximum absolute atomic E-state index is 8.50. The lowest BCUT2D eigenvalue weighted by Crippen LogP contribution is -1.81. The first-order valence-corrected chi connectivity index (χ1v) is 4.63. The van der Waals surface area contributed by atoms with Crippen LogP contribution in [0.4, 0.5) is 0 Å². The molecule has 0 aliphatic rings. The van der Waals surface area contributed by atoms with Gasteiger partial charge in [0.1, 0.15) is 0 Å². The van der Waals surface area contributed by atoms with E-state index in [-0.39, 0.29) is 0 Å². The van der Waals surface area contributed by atoms with Gasteiger partial charge in [-0.05, 0) is 37.1 Å². The first-order valence-electron chi connectivity index (χ1n) is 4.63. The van der Waals surface area contributed by atoms with Crippen molar-refractivity contribution < 1.29 is 0 Å². The second-order valence-corrected chi connectivity index (χ2v) is 3.12. The zero-order valence-corrected chi connectivity index (χ0v) is 8.89. The molecule has 13 heavy (non-hydrogen) atoms. The van der Waals surface area contributed by atoms with Crippen LogP contribution in [0.1, 0.15) is 37.0 Å². The molecule has 1 rings (SSSR count). The molecule has 0 unspecified atom stereocenters. The molecule has 1 aromatic carbocycles. The van der Waals surface area contributed by atoms with Crippen LogP contribution < -0.4 is 0 Å². The molecule has 1 nitrogen and oxygen atoms in total. The summed E-state index contributed by atoms with van der Waals surface area (Å²) in [6, 6.07) is 7.79. The van der Waals surface area contributed by atoms with Crippen molar-refractivity contribution in [3.05, 3.63) is 34.9 Å². The highest BCUT2D eigenvalue weighted by Gasteiger charge is 1.92. The summed E-state index contributed by atoms with van der Waals surface area (Å²) < 4.78 is 0. The molecule has 0 fully saturated rings. The fourth-order valence-electron chi connectivity index (χ4n) is 0.811. The van der Waals surface area contributed by atoms with Crippen LogP contribution in [0, 0.1) is 25.2 Å². The predicted molar refractivity (Wildman–Crippen MR) is 56.6 cm³/mol. The van der Waals surface area contributed by atoms with Gasteiger partial charge in [-0.1, -0.05) is 26.3 Å². The Morgan fingerprint density at radius 2 is 1.69 bits per heavy atom. The van der Waals surface area contributed by atoms with Gasteiger partial charge in [-0.2, -0.15) is 5.26 Å². The molecule has 0 saturated heterocycles. The van der Waals surface area contributed by atoms with Gasteiger partial charge >= 0.3 is 0 Å². The first-order chi connectivity index (χ1) is 6.15. The van der Waals surface area contributed by atoms with E-state index in [1.165, 1.54) is 17.5 Å². The average Bonchev–Trinajstić information content (AvgIpc) is 2.11. The van der Waals surface area contributed by atoms with Crippen molar-refractivity contribution in [3.8, 4) is 6.07 Å². The molecule has 0 aromatic heterocycles. The number of hydrogen-bond donors (Lipinski definition) is 0. The molecule has 0 spiro atoms.